The summed E-state index contributed by atoms with van der Waals surface area (Å²) < 4.78 is 24.2. The molecular weight excluding hydrogens is 491 g/mol. The molecule has 0 saturated carbocycles. The Morgan fingerprint density at radius 1 is 0.838 bits per heavy atom. The van der Waals surface area contributed by atoms with Crippen LogP contribution in [0.3, 0.4) is 0 Å². The van der Waals surface area contributed by atoms with Gasteiger partial charge in [0.15, 0.2) is 0 Å². The lowest BCUT2D eigenvalue weighted by Crippen LogP contribution is -2.28. The van der Waals surface area contributed by atoms with Crippen LogP contribution in [0.1, 0.15) is 110 Å². The molecule has 0 fully saturated rings. The number of aromatic nitrogens is 2. The number of aromatic amines is 1. The predicted molar refractivity (Wildman–Crippen MR) is 151 cm³/mol. The Morgan fingerprint density at radius 3 is 2.00 bits per heavy atom. The van der Waals surface area contributed by atoms with Crippen LogP contribution in [0, 0.1) is 0 Å². The van der Waals surface area contributed by atoms with Crippen molar-refractivity contribution >= 4 is 7.60 Å². The molecule has 1 atom stereocenters. The molecule has 8 nitrogen and oxygen atoms in total. The van der Waals surface area contributed by atoms with Gasteiger partial charge < -0.3 is 14.2 Å². The van der Waals surface area contributed by atoms with Crippen LogP contribution in [0.5, 0.6) is 0 Å². The van der Waals surface area contributed by atoms with Crippen LogP contribution in [0.25, 0.3) is 0 Å². The standard InChI is InChI=1S/C28H51N2O6P/c1-2-3-4-5-6-7-8-9-10-11-12-13-14-17-23-35-24-19-25-36-37(33,34)26-18-15-16-21-30-22-20-27(31)29-28(30)32/h15-16,20,22H,2-14,17-19,21,23-26H2,1H3,(H,33,34)(H,29,31,32)/b16-15+. The molecule has 214 valence electrons. The lowest BCUT2D eigenvalue weighted by molar-refractivity contribution is 0.113. The first kappa shape index (κ1) is 33.6. The summed E-state index contributed by atoms with van der Waals surface area (Å²) in [6.07, 6.45) is 24.5. The fourth-order valence-corrected chi connectivity index (χ4v) is 5.08. The van der Waals surface area contributed by atoms with Crippen molar-refractivity contribution in [2.24, 2.45) is 0 Å². The number of ether oxygens (including phenoxy) is 1. The van der Waals surface area contributed by atoms with Crippen LogP contribution in [0.15, 0.2) is 34.0 Å². The summed E-state index contributed by atoms with van der Waals surface area (Å²) in [5.74, 6) is 0. The third-order valence-electron chi connectivity index (χ3n) is 6.31. The van der Waals surface area contributed by atoms with Gasteiger partial charge in [0, 0.05) is 32.0 Å². The van der Waals surface area contributed by atoms with Gasteiger partial charge in [-0.2, -0.15) is 0 Å². The van der Waals surface area contributed by atoms with Crippen LogP contribution < -0.4 is 11.2 Å². The molecule has 0 radical (unpaired) electrons. The molecule has 1 heterocycles. The molecule has 0 bridgehead atoms. The van der Waals surface area contributed by atoms with Crippen LogP contribution in [-0.4, -0.2) is 40.4 Å². The van der Waals surface area contributed by atoms with Crippen LogP contribution in [0.4, 0.5) is 0 Å². The quantitative estimate of drug-likeness (QED) is 0.0821. The summed E-state index contributed by atoms with van der Waals surface area (Å²) in [6, 6.07) is 1.27. The number of unbranched alkanes of at least 4 members (excludes halogenated alkanes) is 13. The molecule has 1 aromatic heterocycles. The van der Waals surface area contributed by atoms with E-state index in [1.165, 1.54) is 100 Å². The average Bonchev–Trinajstić information content (AvgIpc) is 2.86. The van der Waals surface area contributed by atoms with E-state index in [9.17, 15) is 19.0 Å². The van der Waals surface area contributed by atoms with Crippen LogP contribution in [0.2, 0.25) is 0 Å². The second-order valence-corrected chi connectivity index (χ2v) is 11.8. The minimum atomic E-state index is -3.64. The van der Waals surface area contributed by atoms with E-state index in [4.69, 9.17) is 9.26 Å². The highest BCUT2D eigenvalue weighted by Crippen LogP contribution is 2.42. The molecule has 37 heavy (non-hydrogen) atoms. The van der Waals surface area contributed by atoms with Crippen molar-refractivity contribution < 1.29 is 18.7 Å². The van der Waals surface area contributed by atoms with Gasteiger partial charge in [0.1, 0.15) is 0 Å². The highest BCUT2D eigenvalue weighted by atomic mass is 31.2. The van der Waals surface area contributed by atoms with Crippen molar-refractivity contribution in [1.82, 2.24) is 9.55 Å². The first-order valence-electron chi connectivity index (χ1n) is 14.4. The Labute approximate surface area is 223 Å². The minimum absolute atomic E-state index is 0.0178. The highest BCUT2D eigenvalue weighted by Gasteiger charge is 2.17. The van der Waals surface area contributed by atoms with Crippen molar-refractivity contribution in [1.29, 1.82) is 0 Å². The largest absolute Gasteiger partial charge is 0.381 e. The number of rotatable bonds is 25. The van der Waals surface area contributed by atoms with Gasteiger partial charge in [0.05, 0.1) is 12.8 Å². The number of H-pyrrole nitrogens is 1. The molecule has 1 unspecified atom stereocenters. The number of hydrogen-bond donors (Lipinski definition) is 2. The third kappa shape index (κ3) is 20.2. The van der Waals surface area contributed by atoms with E-state index in [0.717, 1.165) is 13.0 Å². The fourth-order valence-electron chi connectivity index (χ4n) is 4.07. The molecular formula is C28H51N2O6P. The molecule has 0 amide bonds. The summed E-state index contributed by atoms with van der Waals surface area (Å²) in [5, 5.41) is 0. The lowest BCUT2D eigenvalue weighted by Gasteiger charge is -2.11. The van der Waals surface area contributed by atoms with Crippen molar-refractivity contribution in [2.45, 2.75) is 116 Å². The van der Waals surface area contributed by atoms with E-state index in [0.29, 0.717) is 19.4 Å². The normalized spacial score (nSPS) is 13.4. The van der Waals surface area contributed by atoms with Gasteiger partial charge >= 0.3 is 13.3 Å². The second kappa shape index (κ2) is 22.5. The molecule has 0 aliphatic carbocycles. The second-order valence-electron chi connectivity index (χ2n) is 9.78. The van der Waals surface area contributed by atoms with Gasteiger partial charge in [-0.1, -0.05) is 103 Å². The SMILES string of the molecule is CCCCCCCCCCCCCCCCOCCCOP(=O)(O)CC/C=C/Cn1ccc(=O)[nH]c1=O. The smallest absolute Gasteiger partial charge is 0.328 e. The van der Waals surface area contributed by atoms with Gasteiger partial charge in [-0.15, -0.1) is 0 Å². The summed E-state index contributed by atoms with van der Waals surface area (Å²) in [4.78, 5) is 34.7. The van der Waals surface area contributed by atoms with E-state index in [2.05, 4.69) is 11.9 Å². The third-order valence-corrected chi connectivity index (χ3v) is 7.72. The van der Waals surface area contributed by atoms with Crippen molar-refractivity contribution in [3.05, 3.63) is 45.3 Å². The maximum Gasteiger partial charge on any atom is 0.328 e. The summed E-state index contributed by atoms with van der Waals surface area (Å²) in [5.41, 5.74) is -0.927. The maximum atomic E-state index is 12.1. The number of allylic oxidation sites excluding steroid dienone is 2. The van der Waals surface area contributed by atoms with Gasteiger partial charge in [-0.3, -0.25) is 18.9 Å². The Balaban J connectivity index is 1.87. The summed E-state index contributed by atoms with van der Waals surface area (Å²) in [6.45, 7) is 4.01. The predicted octanol–water partition coefficient (Wildman–Crippen LogP) is 6.57. The monoisotopic (exact) mass is 542 g/mol. The van der Waals surface area contributed by atoms with E-state index >= 15 is 0 Å². The zero-order valence-corrected chi connectivity index (χ0v) is 23.9. The van der Waals surface area contributed by atoms with E-state index in [1.54, 1.807) is 12.2 Å². The van der Waals surface area contributed by atoms with Gasteiger partial charge in [0.2, 0.25) is 0 Å². The number of nitrogens with zero attached hydrogens (tertiary/aromatic N) is 1. The number of nitrogens with one attached hydrogen (secondary N) is 1. The molecule has 9 heteroatoms. The summed E-state index contributed by atoms with van der Waals surface area (Å²) in [7, 11) is -3.64. The Bertz CT molecular complexity index is 867. The molecule has 1 aromatic rings. The average molecular weight is 543 g/mol. The Morgan fingerprint density at radius 2 is 1.41 bits per heavy atom. The molecule has 0 saturated heterocycles. The summed E-state index contributed by atoms with van der Waals surface area (Å²) >= 11 is 0. The maximum absolute atomic E-state index is 12.1. The van der Waals surface area contributed by atoms with Gasteiger partial charge in [-0.05, 0) is 19.3 Å². The van der Waals surface area contributed by atoms with Crippen molar-refractivity contribution in [2.75, 3.05) is 26.0 Å². The van der Waals surface area contributed by atoms with Crippen molar-refractivity contribution in [3.8, 4) is 0 Å². The Hall–Kier alpha value is -1.47. The van der Waals surface area contributed by atoms with Crippen LogP contribution in [-0.2, 0) is 20.4 Å². The zero-order chi connectivity index (χ0) is 27.0. The van der Waals surface area contributed by atoms with Gasteiger partial charge in [-0.25, -0.2) is 4.79 Å². The fraction of sp³-hybridized carbons (Fsp3) is 0.786. The van der Waals surface area contributed by atoms with Crippen LogP contribution >= 0.6 is 7.60 Å². The first-order valence-corrected chi connectivity index (χ1v) is 16.2. The molecule has 1 rings (SSSR count). The van der Waals surface area contributed by atoms with E-state index in [-0.39, 0.29) is 19.3 Å². The zero-order valence-electron chi connectivity index (χ0n) is 23.0. The Kier molecular flexibility index (Phi) is 20.4. The van der Waals surface area contributed by atoms with Crippen molar-refractivity contribution in [3.63, 3.8) is 0 Å². The first-order chi connectivity index (χ1) is 17.9. The molecule has 0 aliphatic rings. The number of hydrogen-bond acceptors (Lipinski definition) is 5. The molecule has 0 aliphatic heterocycles. The van der Waals surface area contributed by atoms with E-state index in [1.807, 2.05) is 0 Å². The minimum Gasteiger partial charge on any atom is -0.381 e. The van der Waals surface area contributed by atoms with E-state index < -0.39 is 18.8 Å². The molecule has 0 spiro atoms. The molecule has 0 aromatic carbocycles. The lowest BCUT2D eigenvalue weighted by atomic mass is 10.0. The topological polar surface area (TPSA) is 111 Å². The molecule has 2 N–H and O–H groups in total. The van der Waals surface area contributed by atoms with Gasteiger partial charge in [0.25, 0.3) is 5.56 Å². The highest BCUT2D eigenvalue weighted by molar-refractivity contribution is 7.52.